The largest absolute Gasteiger partial charge is 0.497 e. The first-order chi connectivity index (χ1) is 16.1. The fourth-order valence-electron chi connectivity index (χ4n) is 3.37. The molecule has 170 valence electrons. The zero-order valence-corrected chi connectivity index (χ0v) is 19.5. The van der Waals surface area contributed by atoms with Crippen molar-refractivity contribution in [3.63, 3.8) is 0 Å². The van der Waals surface area contributed by atoms with Crippen molar-refractivity contribution >= 4 is 17.2 Å². The van der Waals surface area contributed by atoms with Crippen LogP contribution >= 0.6 is 11.3 Å². The Hall–Kier alpha value is -3.49. The Balaban J connectivity index is 1.26. The number of carbonyl (C=O) groups excluding carboxylic acids is 1. The van der Waals surface area contributed by atoms with E-state index < -0.39 is 0 Å². The first kappa shape index (κ1) is 22.7. The molecule has 4 aromatic rings. The molecule has 2 aromatic heterocycles. The van der Waals surface area contributed by atoms with Crippen LogP contribution in [0.1, 0.15) is 21.7 Å². The fraction of sp³-hybridized carbons (Fsp3) is 0.240. The van der Waals surface area contributed by atoms with E-state index in [9.17, 15) is 4.79 Å². The third-order valence-corrected chi connectivity index (χ3v) is 6.19. The second-order valence-corrected chi connectivity index (χ2v) is 8.73. The average molecular weight is 463 g/mol. The van der Waals surface area contributed by atoms with Crippen LogP contribution in [0.25, 0.3) is 22.2 Å². The Bertz CT molecular complexity index is 1170. The van der Waals surface area contributed by atoms with Gasteiger partial charge in [-0.15, -0.1) is 11.3 Å². The second-order valence-electron chi connectivity index (χ2n) is 7.65. The number of methoxy groups -OCH3 is 1. The maximum absolute atomic E-state index is 12.5. The van der Waals surface area contributed by atoms with Crippen molar-refractivity contribution in [3.8, 4) is 27.9 Å². The molecule has 0 aliphatic carbocycles. The van der Waals surface area contributed by atoms with E-state index in [0.717, 1.165) is 35.7 Å². The number of carbonyl (C=O) groups is 1. The summed E-state index contributed by atoms with van der Waals surface area (Å²) in [5.74, 6) is 1.56. The highest BCUT2D eigenvalue weighted by Gasteiger charge is 2.15. The van der Waals surface area contributed by atoms with Crippen molar-refractivity contribution in [2.24, 2.45) is 0 Å². The Morgan fingerprint density at radius 3 is 2.64 bits per heavy atom. The van der Waals surface area contributed by atoms with Crippen LogP contribution in [-0.2, 0) is 6.54 Å². The van der Waals surface area contributed by atoms with Crippen molar-refractivity contribution in [1.29, 1.82) is 0 Å². The lowest BCUT2D eigenvalue weighted by molar-refractivity contribution is 0.0956. The third-order valence-electron chi connectivity index (χ3n) is 5.11. The lowest BCUT2D eigenvalue weighted by Gasteiger charge is -2.16. The minimum absolute atomic E-state index is 0.0872. The van der Waals surface area contributed by atoms with Crippen LogP contribution in [0.5, 0.6) is 5.75 Å². The van der Waals surface area contributed by atoms with Crippen LogP contribution in [0.3, 0.4) is 0 Å². The number of amides is 1. The van der Waals surface area contributed by atoms with Crippen LogP contribution in [-0.4, -0.2) is 48.2 Å². The highest BCUT2D eigenvalue weighted by atomic mass is 32.1. The standard InChI is InChI=1S/C25H26N4O3S/c1-29(17-18-7-4-3-5-8-18)16-6-15-26-24(30)22-14-13-21(33-22)23-27-25(32-28-23)19-9-11-20(31-2)12-10-19/h3-5,7-14H,6,15-17H2,1-2H3,(H,26,30). The monoisotopic (exact) mass is 462 g/mol. The molecule has 0 aliphatic rings. The molecule has 33 heavy (non-hydrogen) atoms. The lowest BCUT2D eigenvalue weighted by Crippen LogP contribution is -2.27. The summed E-state index contributed by atoms with van der Waals surface area (Å²) in [5, 5.41) is 7.06. The van der Waals surface area contributed by atoms with E-state index in [1.54, 1.807) is 13.2 Å². The summed E-state index contributed by atoms with van der Waals surface area (Å²) in [7, 11) is 3.71. The normalized spacial score (nSPS) is 11.0. The molecule has 1 amide bonds. The van der Waals surface area contributed by atoms with Gasteiger partial charge < -0.3 is 19.5 Å². The van der Waals surface area contributed by atoms with Gasteiger partial charge in [0.2, 0.25) is 5.82 Å². The molecule has 4 rings (SSSR count). The molecule has 0 radical (unpaired) electrons. The fourth-order valence-corrected chi connectivity index (χ4v) is 4.21. The van der Waals surface area contributed by atoms with Gasteiger partial charge in [0.15, 0.2) is 0 Å². The lowest BCUT2D eigenvalue weighted by atomic mass is 10.2. The van der Waals surface area contributed by atoms with Crippen molar-refractivity contribution in [2.75, 3.05) is 27.2 Å². The predicted molar refractivity (Wildman–Crippen MR) is 129 cm³/mol. The quantitative estimate of drug-likeness (QED) is 0.343. The molecule has 0 fully saturated rings. The Labute approximate surface area is 197 Å². The molecule has 0 bridgehead atoms. The molecule has 8 heteroatoms. The predicted octanol–water partition coefficient (Wildman–Crippen LogP) is 4.73. The molecule has 0 atom stereocenters. The summed E-state index contributed by atoms with van der Waals surface area (Å²) in [4.78, 5) is 20.6. The van der Waals surface area contributed by atoms with Gasteiger partial charge in [-0.2, -0.15) is 4.98 Å². The van der Waals surface area contributed by atoms with Gasteiger partial charge in [-0.05, 0) is 62.0 Å². The second kappa shape index (κ2) is 10.9. The summed E-state index contributed by atoms with van der Waals surface area (Å²) in [5.41, 5.74) is 2.09. The maximum atomic E-state index is 12.5. The van der Waals surface area contributed by atoms with Gasteiger partial charge in [0, 0.05) is 18.7 Å². The van der Waals surface area contributed by atoms with Gasteiger partial charge in [-0.1, -0.05) is 35.5 Å². The molecule has 0 spiro atoms. The molecule has 0 unspecified atom stereocenters. The number of hydrogen-bond donors (Lipinski definition) is 1. The van der Waals surface area contributed by atoms with Crippen molar-refractivity contribution in [3.05, 3.63) is 77.2 Å². The van der Waals surface area contributed by atoms with E-state index in [2.05, 4.69) is 39.5 Å². The van der Waals surface area contributed by atoms with Gasteiger partial charge in [0.25, 0.3) is 11.8 Å². The molecular formula is C25H26N4O3S. The van der Waals surface area contributed by atoms with Crippen LogP contribution in [0, 0.1) is 0 Å². The Morgan fingerprint density at radius 2 is 1.88 bits per heavy atom. The van der Waals surface area contributed by atoms with Gasteiger partial charge in [-0.3, -0.25) is 4.79 Å². The van der Waals surface area contributed by atoms with Crippen LogP contribution in [0.2, 0.25) is 0 Å². The Kier molecular flexibility index (Phi) is 7.49. The van der Waals surface area contributed by atoms with E-state index in [-0.39, 0.29) is 5.91 Å². The minimum atomic E-state index is -0.0872. The summed E-state index contributed by atoms with van der Waals surface area (Å²) < 4.78 is 10.6. The Morgan fingerprint density at radius 1 is 1.09 bits per heavy atom. The third kappa shape index (κ3) is 6.06. The zero-order chi connectivity index (χ0) is 23.0. The van der Waals surface area contributed by atoms with E-state index in [1.807, 2.05) is 48.5 Å². The minimum Gasteiger partial charge on any atom is -0.497 e. The smallest absolute Gasteiger partial charge is 0.261 e. The van der Waals surface area contributed by atoms with E-state index >= 15 is 0 Å². The van der Waals surface area contributed by atoms with Crippen LogP contribution in [0.4, 0.5) is 0 Å². The summed E-state index contributed by atoms with van der Waals surface area (Å²) in [6.45, 7) is 2.42. The first-order valence-electron chi connectivity index (χ1n) is 10.7. The van der Waals surface area contributed by atoms with E-state index in [4.69, 9.17) is 9.26 Å². The number of benzene rings is 2. The van der Waals surface area contributed by atoms with E-state index in [0.29, 0.717) is 23.1 Å². The van der Waals surface area contributed by atoms with Crippen LogP contribution < -0.4 is 10.1 Å². The summed E-state index contributed by atoms with van der Waals surface area (Å²) in [6, 6.07) is 21.4. The maximum Gasteiger partial charge on any atom is 0.261 e. The molecule has 2 aromatic carbocycles. The van der Waals surface area contributed by atoms with Crippen molar-refractivity contribution in [1.82, 2.24) is 20.4 Å². The molecule has 1 N–H and O–H groups in total. The topological polar surface area (TPSA) is 80.5 Å². The highest BCUT2D eigenvalue weighted by molar-refractivity contribution is 7.17. The number of rotatable bonds is 10. The number of nitrogens with zero attached hydrogens (tertiary/aromatic N) is 3. The molecule has 2 heterocycles. The SMILES string of the molecule is COc1ccc(-c2nc(-c3ccc(C(=O)NCCCN(C)Cc4ccccc4)s3)no2)cc1. The number of hydrogen-bond acceptors (Lipinski definition) is 7. The zero-order valence-electron chi connectivity index (χ0n) is 18.7. The summed E-state index contributed by atoms with van der Waals surface area (Å²) in [6.07, 6.45) is 0.878. The van der Waals surface area contributed by atoms with Gasteiger partial charge >= 0.3 is 0 Å². The molecule has 0 aliphatic heterocycles. The van der Waals surface area contributed by atoms with Crippen molar-refractivity contribution < 1.29 is 14.1 Å². The molecule has 0 saturated carbocycles. The molecule has 7 nitrogen and oxygen atoms in total. The number of ether oxygens (including phenoxy) is 1. The first-order valence-corrected chi connectivity index (χ1v) is 11.5. The van der Waals surface area contributed by atoms with Gasteiger partial charge in [0.05, 0.1) is 16.9 Å². The van der Waals surface area contributed by atoms with Crippen LogP contribution in [0.15, 0.2) is 71.3 Å². The number of aromatic nitrogens is 2. The number of thiophene rings is 1. The average Bonchev–Trinajstić information content (AvgIpc) is 3.52. The van der Waals surface area contributed by atoms with Gasteiger partial charge in [0.1, 0.15) is 5.75 Å². The van der Waals surface area contributed by atoms with Gasteiger partial charge in [-0.25, -0.2) is 0 Å². The molecular weight excluding hydrogens is 436 g/mol. The highest BCUT2D eigenvalue weighted by Crippen LogP contribution is 2.28. The van der Waals surface area contributed by atoms with E-state index in [1.165, 1.54) is 16.9 Å². The molecule has 0 saturated heterocycles. The summed E-state index contributed by atoms with van der Waals surface area (Å²) >= 11 is 1.35. The van der Waals surface area contributed by atoms with Crippen molar-refractivity contribution in [2.45, 2.75) is 13.0 Å². The number of nitrogens with one attached hydrogen (secondary N) is 1.